The molecule has 124 valence electrons. The molecule has 3 aromatic rings. The number of nitrogens with zero attached hydrogens (tertiary/aromatic N) is 1. The van der Waals surface area contributed by atoms with Crippen LogP contribution in [0, 0.1) is 6.92 Å². The minimum Gasteiger partial charge on any atom is -0.493 e. The third kappa shape index (κ3) is 2.55. The third-order valence-electron chi connectivity index (χ3n) is 3.79. The maximum absolute atomic E-state index is 11.7. The van der Waals surface area contributed by atoms with Gasteiger partial charge in [-0.1, -0.05) is 12.1 Å². The summed E-state index contributed by atoms with van der Waals surface area (Å²) in [4.78, 5) is 12.6. The van der Waals surface area contributed by atoms with E-state index in [1.165, 1.54) is 11.3 Å². The van der Waals surface area contributed by atoms with Crippen LogP contribution in [0.25, 0.3) is 16.3 Å². The van der Waals surface area contributed by atoms with Crippen molar-refractivity contribution in [2.45, 2.75) is 6.92 Å². The lowest BCUT2D eigenvalue weighted by atomic mass is 10.2. The molecule has 1 N–H and O–H groups in total. The largest absolute Gasteiger partial charge is 0.493 e. The van der Waals surface area contributed by atoms with Gasteiger partial charge in [-0.05, 0) is 36.6 Å². The molecule has 0 aliphatic carbocycles. The summed E-state index contributed by atoms with van der Waals surface area (Å²) in [5, 5.41) is 11.5. The highest BCUT2D eigenvalue weighted by atomic mass is 32.1. The minimum absolute atomic E-state index is 0.264. The molecular formula is C18H17NO4S. The lowest BCUT2D eigenvalue weighted by molar-refractivity contribution is 0.0698. The number of thiophene rings is 1. The highest BCUT2D eigenvalue weighted by Crippen LogP contribution is 2.39. The van der Waals surface area contributed by atoms with Gasteiger partial charge in [0.15, 0.2) is 11.5 Å². The van der Waals surface area contributed by atoms with Crippen molar-refractivity contribution >= 4 is 17.3 Å². The number of rotatable bonds is 5. The molecule has 0 spiro atoms. The number of ether oxygens (including phenoxy) is 2. The van der Waals surface area contributed by atoms with Gasteiger partial charge in [0.2, 0.25) is 0 Å². The zero-order valence-electron chi connectivity index (χ0n) is 13.6. The van der Waals surface area contributed by atoms with Crippen molar-refractivity contribution in [2.75, 3.05) is 14.2 Å². The monoisotopic (exact) mass is 343 g/mol. The van der Waals surface area contributed by atoms with E-state index in [0.717, 1.165) is 16.3 Å². The average Bonchev–Trinajstić information content (AvgIpc) is 3.21. The predicted molar refractivity (Wildman–Crippen MR) is 93.9 cm³/mol. The molecule has 2 aromatic heterocycles. The van der Waals surface area contributed by atoms with Crippen LogP contribution in [0.2, 0.25) is 0 Å². The van der Waals surface area contributed by atoms with Crippen LogP contribution in [0.4, 0.5) is 0 Å². The Morgan fingerprint density at radius 1 is 1.17 bits per heavy atom. The van der Waals surface area contributed by atoms with Crippen LogP contribution < -0.4 is 9.47 Å². The molecule has 0 fully saturated rings. The molecule has 5 nitrogen and oxygen atoms in total. The second-order valence-corrected chi connectivity index (χ2v) is 6.13. The molecule has 0 radical (unpaired) electrons. The number of carbonyl (C=O) groups is 1. The minimum atomic E-state index is -0.956. The molecular weight excluding hydrogens is 326 g/mol. The van der Waals surface area contributed by atoms with Crippen molar-refractivity contribution in [2.24, 2.45) is 0 Å². The van der Waals surface area contributed by atoms with Gasteiger partial charge in [0, 0.05) is 5.69 Å². The van der Waals surface area contributed by atoms with E-state index in [1.807, 2.05) is 47.2 Å². The van der Waals surface area contributed by atoms with E-state index < -0.39 is 5.97 Å². The van der Waals surface area contributed by atoms with E-state index in [9.17, 15) is 9.90 Å². The molecule has 0 bridgehead atoms. The number of hydrogen-bond donors (Lipinski definition) is 1. The molecule has 2 heterocycles. The van der Waals surface area contributed by atoms with E-state index in [-0.39, 0.29) is 5.56 Å². The van der Waals surface area contributed by atoms with Crippen molar-refractivity contribution in [1.29, 1.82) is 0 Å². The van der Waals surface area contributed by atoms with Gasteiger partial charge < -0.3 is 19.1 Å². The van der Waals surface area contributed by atoms with Crippen LogP contribution in [0.5, 0.6) is 11.5 Å². The maximum Gasteiger partial charge on any atom is 0.337 e. The summed E-state index contributed by atoms with van der Waals surface area (Å²) >= 11 is 1.50. The average molecular weight is 343 g/mol. The van der Waals surface area contributed by atoms with Gasteiger partial charge in [-0.2, -0.15) is 0 Å². The van der Waals surface area contributed by atoms with Gasteiger partial charge in [-0.3, -0.25) is 0 Å². The number of hydrogen-bond acceptors (Lipinski definition) is 4. The highest BCUT2D eigenvalue weighted by molar-refractivity contribution is 7.13. The number of aromatic nitrogens is 1. The topological polar surface area (TPSA) is 60.7 Å². The number of methoxy groups -OCH3 is 2. The molecule has 0 aliphatic rings. The molecule has 3 rings (SSSR count). The van der Waals surface area contributed by atoms with Gasteiger partial charge in [0.1, 0.15) is 0 Å². The van der Waals surface area contributed by atoms with E-state index in [0.29, 0.717) is 17.2 Å². The molecule has 0 aliphatic heterocycles. The second-order valence-electron chi connectivity index (χ2n) is 5.18. The quantitative estimate of drug-likeness (QED) is 0.753. The van der Waals surface area contributed by atoms with Gasteiger partial charge in [0.05, 0.1) is 36.0 Å². The van der Waals surface area contributed by atoms with Crippen LogP contribution in [0.3, 0.4) is 0 Å². The third-order valence-corrected chi connectivity index (χ3v) is 4.67. The Hall–Kier alpha value is -2.73. The number of carboxylic acids is 1. The van der Waals surface area contributed by atoms with Crippen molar-refractivity contribution in [3.63, 3.8) is 0 Å². The maximum atomic E-state index is 11.7. The fourth-order valence-electron chi connectivity index (χ4n) is 2.81. The van der Waals surface area contributed by atoms with Gasteiger partial charge in [0.25, 0.3) is 0 Å². The summed E-state index contributed by atoms with van der Waals surface area (Å²) in [5.74, 6) is 0.202. The Bertz CT molecular complexity index is 881. The number of aryl methyl sites for hydroxylation is 1. The molecule has 24 heavy (non-hydrogen) atoms. The molecule has 0 amide bonds. The number of aromatic carboxylic acids is 1. The number of para-hydroxylation sites is 1. The molecule has 6 heteroatoms. The van der Waals surface area contributed by atoms with E-state index >= 15 is 0 Å². The summed E-state index contributed by atoms with van der Waals surface area (Å²) in [7, 11) is 3.15. The molecule has 0 unspecified atom stereocenters. The Labute approximate surface area is 143 Å². The standard InChI is InChI=1S/C18H17NO4S/c1-11-10-12(18(20)21)16(15-8-5-9-24-15)19(11)13-6-4-7-14(22-2)17(13)23-3/h4-10H,1-3H3,(H,20,21). The summed E-state index contributed by atoms with van der Waals surface area (Å²) in [6.07, 6.45) is 0. The van der Waals surface area contributed by atoms with E-state index in [4.69, 9.17) is 9.47 Å². The Morgan fingerprint density at radius 3 is 2.54 bits per heavy atom. The van der Waals surface area contributed by atoms with Gasteiger partial charge >= 0.3 is 5.97 Å². The fraction of sp³-hybridized carbons (Fsp3) is 0.167. The zero-order valence-corrected chi connectivity index (χ0v) is 14.4. The first kappa shape index (κ1) is 16.1. The Kier molecular flexibility index (Phi) is 4.31. The fourth-order valence-corrected chi connectivity index (χ4v) is 3.59. The van der Waals surface area contributed by atoms with Crippen molar-refractivity contribution in [3.8, 4) is 27.8 Å². The molecule has 0 saturated heterocycles. The highest BCUT2D eigenvalue weighted by Gasteiger charge is 2.24. The smallest absolute Gasteiger partial charge is 0.337 e. The summed E-state index contributed by atoms with van der Waals surface area (Å²) in [5.41, 5.74) is 2.45. The lowest BCUT2D eigenvalue weighted by Gasteiger charge is -2.17. The van der Waals surface area contributed by atoms with Crippen LogP contribution in [0.1, 0.15) is 16.1 Å². The van der Waals surface area contributed by atoms with Gasteiger partial charge in [-0.25, -0.2) is 4.79 Å². The van der Waals surface area contributed by atoms with Crippen molar-refractivity contribution in [1.82, 2.24) is 4.57 Å². The normalized spacial score (nSPS) is 10.6. The molecule has 0 atom stereocenters. The van der Waals surface area contributed by atoms with Crippen LogP contribution in [-0.2, 0) is 0 Å². The SMILES string of the molecule is COc1cccc(-n2c(C)cc(C(=O)O)c2-c2cccs2)c1OC. The first-order valence-electron chi connectivity index (χ1n) is 7.29. The van der Waals surface area contributed by atoms with Crippen LogP contribution in [-0.4, -0.2) is 29.9 Å². The van der Waals surface area contributed by atoms with Crippen LogP contribution >= 0.6 is 11.3 Å². The first-order chi connectivity index (χ1) is 11.6. The van der Waals surface area contributed by atoms with E-state index in [2.05, 4.69) is 0 Å². The summed E-state index contributed by atoms with van der Waals surface area (Å²) < 4.78 is 12.8. The zero-order chi connectivity index (χ0) is 17.3. The van der Waals surface area contributed by atoms with Gasteiger partial charge in [-0.15, -0.1) is 11.3 Å². The Balaban J connectivity index is 2.36. The number of benzene rings is 1. The van der Waals surface area contributed by atoms with E-state index in [1.54, 1.807) is 20.3 Å². The molecule has 0 saturated carbocycles. The Morgan fingerprint density at radius 2 is 1.96 bits per heavy atom. The van der Waals surface area contributed by atoms with Crippen molar-refractivity contribution in [3.05, 3.63) is 53.0 Å². The molecule has 1 aromatic carbocycles. The summed E-state index contributed by atoms with van der Waals surface area (Å²) in [6, 6.07) is 11.0. The summed E-state index contributed by atoms with van der Waals surface area (Å²) in [6.45, 7) is 1.88. The van der Waals surface area contributed by atoms with Crippen molar-refractivity contribution < 1.29 is 19.4 Å². The lowest BCUT2D eigenvalue weighted by Crippen LogP contribution is -2.04. The first-order valence-corrected chi connectivity index (χ1v) is 8.17. The second kappa shape index (κ2) is 6.41. The predicted octanol–water partition coefficient (Wildman–Crippen LogP) is 4.23. The number of carboxylic acid groups (broad SMARTS) is 1. The van der Waals surface area contributed by atoms with Crippen LogP contribution in [0.15, 0.2) is 41.8 Å².